The van der Waals surface area contributed by atoms with E-state index in [2.05, 4.69) is 18.1 Å². The Labute approximate surface area is 43.0 Å². The lowest BCUT2D eigenvalue weighted by Gasteiger charge is -1.95. The van der Waals surface area contributed by atoms with Gasteiger partial charge in [0.05, 0.1) is 6.20 Å². The topological polar surface area (TPSA) is 12.0 Å². The molecule has 0 amide bonds. The fourth-order valence-electron chi connectivity index (χ4n) is 0.379. The van der Waals surface area contributed by atoms with E-state index < -0.39 is 0 Å². The largest absolute Gasteiger partial charge is 0.360 e. The number of hydrogen-bond donors (Lipinski definition) is 1. The van der Waals surface area contributed by atoms with Gasteiger partial charge in [-0.15, -0.1) is 0 Å². The zero-order valence-corrected chi connectivity index (χ0v) is 3.94. The molecule has 0 fully saturated rings. The zero-order chi connectivity index (χ0) is 5.11. The second kappa shape index (κ2) is 1.65. The van der Waals surface area contributed by atoms with Crippen molar-refractivity contribution >= 4 is 0 Å². The molecule has 0 atom stereocenters. The molecule has 1 aliphatic heterocycles. The minimum absolute atomic E-state index is 0.985. The summed E-state index contributed by atoms with van der Waals surface area (Å²) >= 11 is 0. The maximum atomic E-state index is 3.67. The van der Waals surface area contributed by atoms with E-state index in [1.165, 1.54) is 0 Å². The average Bonchev–Trinajstić information content (AvgIpc) is 1.69. The molecule has 0 aromatic rings. The quantitative estimate of drug-likeness (QED) is 0.469. The number of hydrogen-bond acceptors (Lipinski definition) is 1. The minimum atomic E-state index is 0.985. The molecule has 1 heteroatoms. The van der Waals surface area contributed by atoms with E-state index in [1.54, 1.807) is 12.3 Å². The van der Waals surface area contributed by atoms with Crippen LogP contribution in [-0.4, -0.2) is 0 Å². The molecule has 0 aromatic carbocycles. The van der Waals surface area contributed by atoms with Gasteiger partial charge in [0.25, 0.3) is 0 Å². The van der Waals surface area contributed by atoms with Gasteiger partial charge in [-0.2, -0.15) is 0 Å². The van der Waals surface area contributed by atoms with Crippen LogP contribution < -0.4 is 5.32 Å². The summed E-state index contributed by atoms with van der Waals surface area (Å²) in [5, 5.41) is 2.77. The van der Waals surface area contributed by atoms with E-state index in [9.17, 15) is 0 Å². The lowest BCUT2D eigenvalue weighted by Crippen LogP contribution is -1.96. The van der Waals surface area contributed by atoms with Crippen molar-refractivity contribution in [1.82, 2.24) is 5.32 Å². The van der Waals surface area contributed by atoms with Crippen molar-refractivity contribution in [2.45, 2.75) is 0 Å². The normalized spacial score (nSPS) is 16.9. The molecule has 1 N–H and O–H groups in total. The van der Waals surface area contributed by atoms with Crippen molar-refractivity contribution in [2.75, 3.05) is 0 Å². The predicted molar refractivity (Wildman–Crippen MR) is 29.2 cm³/mol. The van der Waals surface area contributed by atoms with E-state index in [0.29, 0.717) is 0 Å². The first-order valence-electron chi connectivity index (χ1n) is 2.09. The first kappa shape index (κ1) is 4.19. The maximum absolute atomic E-state index is 3.67. The van der Waals surface area contributed by atoms with Gasteiger partial charge in [0, 0.05) is 6.20 Å². The monoisotopic (exact) mass is 92.1 g/mol. The van der Waals surface area contributed by atoms with Crippen LogP contribution in [0.3, 0.4) is 0 Å². The van der Waals surface area contributed by atoms with Gasteiger partial charge in [-0.3, -0.25) is 0 Å². The van der Waals surface area contributed by atoms with Crippen LogP contribution in [0.2, 0.25) is 0 Å². The van der Waals surface area contributed by atoms with Gasteiger partial charge < -0.3 is 5.32 Å². The van der Waals surface area contributed by atoms with Gasteiger partial charge in [0.15, 0.2) is 0 Å². The Bertz CT molecular complexity index is 117. The summed E-state index contributed by atoms with van der Waals surface area (Å²) in [7, 11) is 0. The molecule has 0 aromatic heterocycles. The molecule has 0 bridgehead atoms. The van der Waals surface area contributed by atoms with Gasteiger partial charge >= 0.3 is 0 Å². The van der Waals surface area contributed by atoms with Crippen LogP contribution in [0.5, 0.6) is 0 Å². The molecule has 7 heavy (non-hydrogen) atoms. The van der Waals surface area contributed by atoms with Crippen molar-refractivity contribution in [3.05, 3.63) is 36.7 Å². The summed E-state index contributed by atoms with van der Waals surface area (Å²) in [6.45, 7) is 3.67. The number of nitrogens with one attached hydrogen (secondary N) is 1. The van der Waals surface area contributed by atoms with E-state index in [-0.39, 0.29) is 0 Å². The first-order chi connectivity index (χ1) is 3.39. The van der Waals surface area contributed by atoms with Crippen molar-refractivity contribution in [3.63, 3.8) is 0 Å². The molecule has 1 radical (unpaired) electrons. The molecular formula is C6H6N. The van der Waals surface area contributed by atoms with Gasteiger partial charge in [0.1, 0.15) is 0 Å². The molecule has 0 saturated carbocycles. The molecule has 1 aliphatic rings. The Morgan fingerprint density at radius 3 is 2.86 bits per heavy atom. The SMILES string of the molecule is C=C1C=[C]NC=C1. The van der Waals surface area contributed by atoms with Crippen LogP contribution in [0.1, 0.15) is 0 Å². The van der Waals surface area contributed by atoms with Gasteiger partial charge in [-0.1, -0.05) is 6.58 Å². The molecule has 0 unspecified atom stereocenters. The highest BCUT2D eigenvalue weighted by Crippen LogP contribution is 1.95. The third kappa shape index (κ3) is 0.929. The maximum Gasteiger partial charge on any atom is 0.0624 e. The number of rotatable bonds is 0. The van der Waals surface area contributed by atoms with Crippen LogP contribution in [-0.2, 0) is 0 Å². The summed E-state index contributed by atoms with van der Waals surface area (Å²) in [6, 6.07) is 0. The van der Waals surface area contributed by atoms with Crippen LogP contribution >= 0.6 is 0 Å². The lowest BCUT2D eigenvalue weighted by molar-refractivity contribution is 1.12. The smallest absolute Gasteiger partial charge is 0.0624 e. The molecule has 0 aliphatic carbocycles. The lowest BCUT2D eigenvalue weighted by atomic mass is 10.3. The Kier molecular flexibility index (Phi) is 0.984. The van der Waals surface area contributed by atoms with Crippen LogP contribution in [0.4, 0.5) is 0 Å². The van der Waals surface area contributed by atoms with Gasteiger partial charge in [0.2, 0.25) is 0 Å². The average molecular weight is 92.1 g/mol. The highest BCUT2D eigenvalue weighted by atomic mass is 14.8. The van der Waals surface area contributed by atoms with Crippen molar-refractivity contribution in [3.8, 4) is 0 Å². The Balaban J connectivity index is 2.66. The van der Waals surface area contributed by atoms with Crippen LogP contribution in [0.25, 0.3) is 0 Å². The van der Waals surface area contributed by atoms with E-state index in [0.717, 1.165) is 5.57 Å². The molecule has 1 rings (SSSR count). The van der Waals surface area contributed by atoms with Crippen molar-refractivity contribution in [2.24, 2.45) is 0 Å². The van der Waals surface area contributed by atoms with Gasteiger partial charge in [-0.05, 0) is 17.7 Å². The summed E-state index contributed by atoms with van der Waals surface area (Å²) in [5.41, 5.74) is 0.985. The zero-order valence-electron chi connectivity index (χ0n) is 3.94. The molecule has 0 spiro atoms. The Morgan fingerprint density at radius 2 is 2.57 bits per heavy atom. The highest BCUT2D eigenvalue weighted by Gasteiger charge is 1.82. The highest BCUT2D eigenvalue weighted by molar-refractivity contribution is 5.28. The van der Waals surface area contributed by atoms with Gasteiger partial charge in [-0.25, -0.2) is 0 Å². The molecule has 35 valence electrons. The van der Waals surface area contributed by atoms with E-state index in [1.807, 2.05) is 6.08 Å². The summed E-state index contributed by atoms with van der Waals surface area (Å²) in [4.78, 5) is 0. The van der Waals surface area contributed by atoms with Crippen molar-refractivity contribution < 1.29 is 0 Å². The van der Waals surface area contributed by atoms with Crippen LogP contribution in [0.15, 0.2) is 30.5 Å². The second-order valence-electron chi connectivity index (χ2n) is 1.34. The number of dihydropyridines is 1. The fourth-order valence-corrected chi connectivity index (χ4v) is 0.379. The molecule has 0 saturated heterocycles. The third-order valence-electron chi connectivity index (χ3n) is 0.722. The van der Waals surface area contributed by atoms with E-state index >= 15 is 0 Å². The third-order valence-corrected chi connectivity index (χ3v) is 0.722. The first-order valence-corrected chi connectivity index (χ1v) is 2.09. The predicted octanol–water partition coefficient (Wildman–Crippen LogP) is 0.976. The fraction of sp³-hybridized carbons (Fsp3) is 0. The minimum Gasteiger partial charge on any atom is -0.360 e. The molecule has 1 heterocycles. The number of allylic oxidation sites excluding steroid dienone is 3. The molecular weight excluding hydrogens is 86.1 g/mol. The standard InChI is InChI=1S/C6H6N/c1-6-2-4-7-5-3-6/h2-4,7H,1H2. The Hall–Kier alpha value is -0.980. The second-order valence-corrected chi connectivity index (χ2v) is 1.34. The van der Waals surface area contributed by atoms with Crippen molar-refractivity contribution in [1.29, 1.82) is 0 Å². The summed E-state index contributed by atoms with van der Waals surface area (Å²) in [5.74, 6) is 0. The molecule has 1 nitrogen and oxygen atoms in total. The van der Waals surface area contributed by atoms with E-state index in [4.69, 9.17) is 0 Å². The Morgan fingerprint density at radius 1 is 1.71 bits per heavy atom. The van der Waals surface area contributed by atoms with Crippen LogP contribution in [0, 0.1) is 6.20 Å². The summed E-state index contributed by atoms with van der Waals surface area (Å²) < 4.78 is 0. The summed E-state index contributed by atoms with van der Waals surface area (Å²) in [6.07, 6.45) is 8.24.